The van der Waals surface area contributed by atoms with Crippen LogP contribution in [-0.4, -0.2) is 14.4 Å². The Kier molecular flexibility index (Phi) is 1.82. The van der Waals surface area contributed by atoms with E-state index in [4.69, 9.17) is 0 Å². The summed E-state index contributed by atoms with van der Waals surface area (Å²) >= 11 is 1.61. The average molecular weight is 215 g/mol. The molecule has 3 nitrogen and oxygen atoms in total. The molecule has 0 atom stereocenters. The Morgan fingerprint density at radius 2 is 2.33 bits per heavy atom. The van der Waals surface area contributed by atoms with Crippen LogP contribution in [0.25, 0.3) is 16.2 Å². The number of rotatable bonds is 1. The maximum atomic E-state index is 4.55. The molecule has 3 heterocycles. The monoisotopic (exact) mass is 215 g/mol. The van der Waals surface area contributed by atoms with Crippen LogP contribution in [0.3, 0.4) is 0 Å². The van der Waals surface area contributed by atoms with E-state index >= 15 is 0 Å². The minimum absolute atomic E-state index is 0.985. The Morgan fingerprint density at radius 1 is 1.40 bits per heavy atom. The normalized spacial score (nSPS) is 11.0. The molecule has 0 spiro atoms. The lowest BCUT2D eigenvalue weighted by molar-refractivity contribution is 1.17. The molecule has 4 heteroatoms. The van der Waals surface area contributed by atoms with Crippen LogP contribution in [0.4, 0.5) is 0 Å². The van der Waals surface area contributed by atoms with Gasteiger partial charge in [-0.1, -0.05) is 0 Å². The third kappa shape index (κ3) is 1.43. The van der Waals surface area contributed by atoms with Gasteiger partial charge in [0.05, 0.1) is 10.4 Å². The fraction of sp³-hybridized carbons (Fsp3) is 0.0909. The van der Waals surface area contributed by atoms with Crippen LogP contribution in [0, 0.1) is 6.92 Å². The molecule has 3 rings (SSSR count). The van der Waals surface area contributed by atoms with Gasteiger partial charge in [0.25, 0.3) is 0 Å². The molecule has 0 aromatic carbocycles. The molecule has 0 amide bonds. The van der Waals surface area contributed by atoms with Crippen molar-refractivity contribution >= 4 is 17.0 Å². The second kappa shape index (κ2) is 3.17. The van der Waals surface area contributed by atoms with Gasteiger partial charge in [-0.05, 0) is 24.6 Å². The fourth-order valence-electron chi connectivity index (χ4n) is 1.54. The molecule has 0 saturated heterocycles. The molecule has 0 saturated carbocycles. The van der Waals surface area contributed by atoms with Crippen LogP contribution in [0.5, 0.6) is 0 Å². The summed E-state index contributed by atoms with van der Waals surface area (Å²) in [4.78, 5) is 9.71. The fourth-order valence-corrected chi connectivity index (χ4v) is 2.12. The largest absolute Gasteiger partial charge is 0.306 e. The lowest BCUT2D eigenvalue weighted by Crippen LogP contribution is -1.81. The van der Waals surface area contributed by atoms with Gasteiger partial charge >= 0.3 is 0 Å². The highest BCUT2D eigenvalue weighted by atomic mass is 32.1. The highest BCUT2D eigenvalue weighted by Gasteiger charge is 2.05. The van der Waals surface area contributed by atoms with E-state index in [1.807, 2.05) is 28.5 Å². The van der Waals surface area contributed by atoms with Gasteiger partial charge < -0.3 is 4.40 Å². The molecule has 0 bridgehead atoms. The van der Waals surface area contributed by atoms with Gasteiger partial charge in [0.1, 0.15) is 11.3 Å². The van der Waals surface area contributed by atoms with Crippen molar-refractivity contribution in [2.45, 2.75) is 6.92 Å². The summed E-state index contributed by atoms with van der Waals surface area (Å²) in [5.74, 6) is 0. The lowest BCUT2D eigenvalue weighted by atomic mass is 10.3. The predicted molar refractivity (Wildman–Crippen MR) is 61.0 cm³/mol. The van der Waals surface area contributed by atoms with Crippen molar-refractivity contribution in [1.82, 2.24) is 14.4 Å². The molecule has 15 heavy (non-hydrogen) atoms. The van der Waals surface area contributed by atoms with E-state index in [0.717, 1.165) is 16.2 Å². The van der Waals surface area contributed by atoms with Crippen molar-refractivity contribution in [3.63, 3.8) is 0 Å². The summed E-state index contributed by atoms with van der Waals surface area (Å²) in [7, 11) is 0. The highest BCUT2D eigenvalue weighted by molar-refractivity contribution is 7.13. The molecule has 0 unspecified atom stereocenters. The maximum Gasteiger partial charge on any atom is 0.137 e. The number of nitrogens with zero attached hydrogens (tertiary/aromatic N) is 3. The molecular weight excluding hydrogens is 206 g/mol. The van der Waals surface area contributed by atoms with Crippen molar-refractivity contribution in [2.24, 2.45) is 0 Å². The van der Waals surface area contributed by atoms with Crippen molar-refractivity contribution in [3.8, 4) is 10.6 Å². The minimum atomic E-state index is 0.985. The number of hydrogen-bond donors (Lipinski definition) is 0. The summed E-state index contributed by atoms with van der Waals surface area (Å²) < 4.78 is 2.03. The lowest BCUT2D eigenvalue weighted by Gasteiger charge is -1.92. The first-order chi connectivity index (χ1) is 7.33. The van der Waals surface area contributed by atoms with E-state index in [1.165, 1.54) is 5.56 Å². The molecular formula is C11H9N3S. The van der Waals surface area contributed by atoms with Gasteiger partial charge in [-0.2, -0.15) is 0 Å². The number of pyridine rings is 1. The Bertz CT molecular complexity index is 595. The minimum Gasteiger partial charge on any atom is -0.306 e. The van der Waals surface area contributed by atoms with Crippen LogP contribution in [0.2, 0.25) is 0 Å². The molecule has 74 valence electrons. The van der Waals surface area contributed by atoms with Gasteiger partial charge in [0, 0.05) is 18.6 Å². The summed E-state index contributed by atoms with van der Waals surface area (Å²) in [6.07, 6.45) is 5.91. The van der Waals surface area contributed by atoms with Crippen LogP contribution >= 0.6 is 11.3 Å². The third-order valence-corrected chi connectivity index (χ3v) is 3.10. The number of imidazole rings is 1. The van der Waals surface area contributed by atoms with E-state index in [-0.39, 0.29) is 0 Å². The predicted octanol–water partition coefficient (Wildman–Crippen LogP) is 2.77. The first-order valence-electron chi connectivity index (χ1n) is 4.67. The molecule has 0 aliphatic carbocycles. The van der Waals surface area contributed by atoms with Gasteiger partial charge in [0.2, 0.25) is 0 Å². The molecule has 0 radical (unpaired) electrons. The Hall–Kier alpha value is -1.68. The zero-order chi connectivity index (χ0) is 10.3. The SMILES string of the molecule is Cc1ccn2cc(-c3cncs3)nc2c1. The Labute approximate surface area is 91.1 Å². The first kappa shape index (κ1) is 8.61. The quantitative estimate of drug-likeness (QED) is 0.624. The highest BCUT2D eigenvalue weighted by Crippen LogP contribution is 2.22. The van der Waals surface area contributed by atoms with E-state index < -0.39 is 0 Å². The van der Waals surface area contributed by atoms with Crippen LogP contribution in [-0.2, 0) is 0 Å². The van der Waals surface area contributed by atoms with Gasteiger partial charge in [-0.3, -0.25) is 4.98 Å². The standard InChI is InChI=1S/C11H9N3S/c1-8-2-3-14-6-9(13-11(14)4-8)10-5-12-7-15-10/h2-7H,1H3. The molecule has 0 fully saturated rings. The number of aromatic nitrogens is 3. The summed E-state index contributed by atoms with van der Waals surface area (Å²) in [5, 5.41) is 0. The van der Waals surface area contributed by atoms with Gasteiger partial charge in [-0.15, -0.1) is 11.3 Å². The summed E-state index contributed by atoms with van der Waals surface area (Å²) in [6, 6.07) is 4.15. The topological polar surface area (TPSA) is 30.2 Å². The number of aryl methyl sites for hydroxylation is 1. The van der Waals surface area contributed by atoms with E-state index in [0.29, 0.717) is 0 Å². The molecule has 0 N–H and O–H groups in total. The molecule has 0 aliphatic rings. The third-order valence-electron chi connectivity index (χ3n) is 2.30. The number of fused-ring (bicyclic) bond motifs is 1. The number of hydrogen-bond acceptors (Lipinski definition) is 3. The summed E-state index contributed by atoms with van der Waals surface area (Å²) in [6.45, 7) is 2.07. The molecule has 3 aromatic heterocycles. The van der Waals surface area contributed by atoms with E-state index in [1.54, 1.807) is 11.3 Å². The van der Waals surface area contributed by atoms with Gasteiger partial charge in [-0.25, -0.2) is 4.98 Å². The maximum absolute atomic E-state index is 4.55. The van der Waals surface area contributed by atoms with Crippen LogP contribution in [0.1, 0.15) is 5.56 Å². The van der Waals surface area contributed by atoms with Crippen molar-refractivity contribution in [3.05, 3.63) is 41.8 Å². The second-order valence-electron chi connectivity index (χ2n) is 3.46. The van der Waals surface area contributed by atoms with E-state index in [2.05, 4.69) is 29.0 Å². The van der Waals surface area contributed by atoms with Crippen molar-refractivity contribution in [2.75, 3.05) is 0 Å². The zero-order valence-electron chi connectivity index (χ0n) is 8.21. The van der Waals surface area contributed by atoms with Crippen molar-refractivity contribution < 1.29 is 0 Å². The molecule has 0 aliphatic heterocycles. The first-order valence-corrected chi connectivity index (χ1v) is 5.55. The van der Waals surface area contributed by atoms with Crippen molar-refractivity contribution in [1.29, 1.82) is 0 Å². The Balaban J connectivity index is 2.22. The van der Waals surface area contributed by atoms with Gasteiger partial charge in [0.15, 0.2) is 0 Å². The smallest absolute Gasteiger partial charge is 0.137 e. The number of thiazole rings is 1. The van der Waals surface area contributed by atoms with Crippen LogP contribution in [0.15, 0.2) is 36.2 Å². The van der Waals surface area contributed by atoms with E-state index in [9.17, 15) is 0 Å². The Morgan fingerprint density at radius 3 is 3.13 bits per heavy atom. The molecule has 3 aromatic rings. The second-order valence-corrected chi connectivity index (χ2v) is 4.35. The average Bonchev–Trinajstić information content (AvgIpc) is 2.84. The summed E-state index contributed by atoms with van der Waals surface area (Å²) in [5.41, 5.74) is 5.02. The van der Waals surface area contributed by atoms with Crippen LogP contribution < -0.4 is 0 Å². The zero-order valence-corrected chi connectivity index (χ0v) is 9.03.